The van der Waals surface area contributed by atoms with Crippen LogP contribution in [0.25, 0.3) is 0 Å². The number of hydrogen-bond donors (Lipinski definition) is 2. The molecule has 0 aliphatic carbocycles. The van der Waals surface area contributed by atoms with Gasteiger partial charge in [-0.3, -0.25) is 4.79 Å². The smallest absolute Gasteiger partial charge is 0.222 e. The minimum absolute atomic E-state index is 0.176. The maximum absolute atomic E-state index is 13.3. The summed E-state index contributed by atoms with van der Waals surface area (Å²) in [6, 6.07) is 6.34. The molecule has 0 fully saturated rings. The van der Waals surface area contributed by atoms with Gasteiger partial charge in [0.1, 0.15) is 5.82 Å². The van der Waals surface area contributed by atoms with Gasteiger partial charge >= 0.3 is 0 Å². The van der Waals surface area contributed by atoms with E-state index in [0.717, 1.165) is 0 Å². The van der Waals surface area contributed by atoms with E-state index in [0.29, 0.717) is 18.7 Å². The van der Waals surface area contributed by atoms with Crippen molar-refractivity contribution in [1.29, 1.82) is 0 Å². The Labute approximate surface area is 106 Å². The van der Waals surface area contributed by atoms with Gasteiger partial charge in [-0.05, 0) is 13.0 Å². The second kappa shape index (κ2) is 7.79. The number of benzene rings is 1. The Morgan fingerprint density at radius 1 is 1.50 bits per heavy atom. The Morgan fingerprint density at radius 3 is 2.83 bits per heavy atom. The van der Waals surface area contributed by atoms with Crippen LogP contribution in [-0.4, -0.2) is 25.2 Å². The fourth-order valence-electron chi connectivity index (χ4n) is 1.56. The van der Waals surface area contributed by atoms with E-state index in [4.69, 9.17) is 10.5 Å². The lowest BCUT2D eigenvalue weighted by molar-refractivity contribution is -0.123. The average molecular weight is 254 g/mol. The number of amides is 1. The first kappa shape index (κ1) is 14.6. The highest BCUT2D eigenvalue weighted by Crippen LogP contribution is 2.06. The van der Waals surface area contributed by atoms with Gasteiger partial charge in [-0.25, -0.2) is 4.39 Å². The number of carbonyl (C=O) groups is 1. The molecule has 0 saturated carbocycles. The summed E-state index contributed by atoms with van der Waals surface area (Å²) in [6.45, 7) is 2.83. The largest absolute Gasteiger partial charge is 0.377 e. The first-order chi connectivity index (χ1) is 8.67. The van der Waals surface area contributed by atoms with Gasteiger partial charge in [-0.2, -0.15) is 0 Å². The summed E-state index contributed by atoms with van der Waals surface area (Å²) in [6.07, 6.45) is -0.0886. The highest BCUT2D eigenvalue weighted by atomic mass is 19.1. The topological polar surface area (TPSA) is 64.3 Å². The van der Waals surface area contributed by atoms with Crippen molar-refractivity contribution in [3.8, 4) is 0 Å². The summed E-state index contributed by atoms with van der Waals surface area (Å²) in [5, 5.41) is 2.65. The fraction of sp³-hybridized carbons (Fsp3) is 0.462. The van der Waals surface area contributed by atoms with E-state index < -0.39 is 0 Å². The molecule has 5 heteroatoms. The van der Waals surface area contributed by atoms with Crippen LogP contribution in [-0.2, 0) is 16.1 Å². The highest BCUT2D eigenvalue weighted by Gasteiger charge is 2.12. The van der Waals surface area contributed by atoms with E-state index in [9.17, 15) is 9.18 Å². The molecule has 0 aliphatic heterocycles. The lowest BCUT2D eigenvalue weighted by Crippen LogP contribution is -2.32. The quantitative estimate of drug-likeness (QED) is 0.768. The van der Waals surface area contributed by atoms with Crippen molar-refractivity contribution in [3.05, 3.63) is 35.6 Å². The van der Waals surface area contributed by atoms with Crippen LogP contribution in [0.2, 0.25) is 0 Å². The molecule has 1 atom stereocenters. The number of halogens is 1. The van der Waals surface area contributed by atoms with Crippen LogP contribution in [0.5, 0.6) is 0 Å². The first-order valence-corrected chi connectivity index (χ1v) is 5.99. The Hall–Kier alpha value is -1.46. The van der Waals surface area contributed by atoms with Crippen LogP contribution in [0.4, 0.5) is 4.39 Å². The first-order valence-electron chi connectivity index (χ1n) is 5.99. The molecule has 3 N–H and O–H groups in total. The van der Waals surface area contributed by atoms with Crippen molar-refractivity contribution in [1.82, 2.24) is 5.32 Å². The highest BCUT2D eigenvalue weighted by molar-refractivity contribution is 5.76. The Bertz CT molecular complexity index is 385. The van der Waals surface area contributed by atoms with Crippen molar-refractivity contribution in [3.63, 3.8) is 0 Å². The summed E-state index contributed by atoms with van der Waals surface area (Å²) in [4.78, 5) is 11.6. The molecular formula is C13H19FN2O2. The molecule has 1 rings (SSSR count). The Balaban J connectivity index is 2.39. The van der Waals surface area contributed by atoms with Gasteiger partial charge in [-0.15, -0.1) is 0 Å². The molecule has 4 nitrogen and oxygen atoms in total. The van der Waals surface area contributed by atoms with E-state index in [2.05, 4.69) is 5.32 Å². The Morgan fingerprint density at radius 2 is 2.22 bits per heavy atom. The SMILES string of the molecule is CCOC(CN)CC(=O)NCc1ccccc1F. The molecule has 1 aromatic rings. The van der Waals surface area contributed by atoms with Crippen molar-refractivity contribution in [2.24, 2.45) is 5.73 Å². The zero-order valence-electron chi connectivity index (χ0n) is 10.5. The third-order valence-electron chi connectivity index (χ3n) is 2.51. The Kier molecular flexibility index (Phi) is 6.32. The van der Waals surface area contributed by atoms with Crippen molar-refractivity contribution >= 4 is 5.91 Å². The number of carbonyl (C=O) groups excluding carboxylic acids is 1. The maximum Gasteiger partial charge on any atom is 0.222 e. The monoisotopic (exact) mass is 254 g/mol. The number of nitrogens with one attached hydrogen (secondary N) is 1. The third kappa shape index (κ3) is 4.81. The lowest BCUT2D eigenvalue weighted by Gasteiger charge is -2.14. The molecule has 0 aliphatic rings. The maximum atomic E-state index is 13.3. The molecule has 0 spiro atoms. The summed E-state index contributed by atoms with van der Waals surface area (Å²) < 4.78 is 18.6. The van der Waals surface area contributed by atoms with Crippen LogP contribution in [0.15, 0.2) is 24.3 Å². The van der Waals surface area contributed by atoms with Gasteiger partial charge in [0.05, 0.1) is 12.5 Å². The predicted molar refractivity (Wildman–Crippen MR) is 67.3 cm³/mol. The minimum Gasteiger partial charge on any atom is -0.377 e. The standard InChI is InChI=1S/C13H19FN2O2/c1-2-18-11(8-15)7-13(17)16-9-10-5-3-4-6-12(10)14/h3-6,11H,2,7-9,15H2,1H3,(H,16,17). The molecule has 0 aromatic heterocycles. The molecule has 0 heterocycles. The van der Waals surface area contributed by atoms with Gasteiger partial charge in [0.15, 0.2) is 0 Å². The summed E-state index contributed by atoms with van der Waals surface area (Å²) in [5.41, 5.74) is 5.94. The van der Waals surface area contributed by atoms with Crippen LogP contribution >= 0.6 is 0 Å². The molecule has 100 valence electrons. The molecule has 1 unspecified atom stereocenters. The normalized spacial score (nSPS) is 12.2. The van der Waals surface area contributed by atoms with E-state index >= 15 is 0 Å². The molecule has 1 amide bonds. The minimum atomic E-state index is -0.321. The van der Waals surface area contributed by atoms with Gasteiger partial charge in [-0.1, -0.05) is 18.2 Å². The average Bonchev–Trinajstić information content (AvgIpc) is 2.37. The van der Waals surface area contributed by atoms with Crippen LogP contribution in [0.3, 0.4) is 0 Å². The van der Waals surface area contributed by atoms with E-state index in [1.54, 1.807) is 18.2 Å². The van der Waals surface area contributed by atoms with Crippen molar-refractivity contribution in [2.75, 3.05) is 13.2 Å². The van der Waals surface area contributed by atoms with Gasteiger partial charge in [0.25, 0.3) is 0 Å². The molecule has 0 saturated heterocycles. The fourth-order valence-corrected chi connectivity index (χ4v) is 1.56. The number of nitrogens with two attached hydrogens (primary N) is 1. The van der Waals surface area contributed by atoms with Crippen LogP contribution in [0.1, 0.15) is 18.9 Å². The second-order valence-electron chi connectivity index (χ2n) is 3.89. The van der Waals surface area contributed by atoms with E-state index in [-0.39, 0.29) is 30.8 Å². The van der Waals surface area contributed by atoms with Crippen molar-refractivity contribution in [2.45, 2.75) is 26.0 Å². The summed E-state index contributed by atoms with van der Waals surface area (Å²) >= 11 is 0. The molecule has 1 aromatic carbocycles. The molecule has 0 bridgehead atoms. The zero-order chi connectivity index (χ0) is 13.4. The summed E-state index contributed by atoms with van der Waals surface area (Å²) in [5.74, 6) is -0.514. The van der Waals surface area contributed by atoms with Gasteiger partial charge in [0.2, 0.25) is 5.91 Å². The van der Waals surface area contributed by atoms with Crippen LogP contribution < -0.4 is 11.1 Å². The van der Waals surface area contributed by atoms with Crippen molar-refractivity contribution < 1.29 is 13.9 Å². The molecular weight excluding hydrogens is 235 g/mol. The molecule has 18 heavy (non-hydrogen) atoms. The predicted octanol–water partition coefficient (Wildman–Crippen LogP) is 1.20. The van der Waals surface area contributed by atoms with Crippen LogP contribution in [0, 0.1) is 5.82 Å². The summed E-state index contributed by atoms with van der Waals surface area (Å²) in [7, 11) is 0. The third-order valence-corrected chi connectivity index (χ3v) is 2.51. The van der Waals surface area contributed by atoms with E-state index in [1.807, 2.05) is 6.92 Å². The van der Waals surface area contributed by atoms with Gasteiger partial charge in [0, 0.05) is 25.3 Å². The lowest BCUT2D eigenvalue weighted by atomic mass is 10.2. The van der Waals surface area contributed by atoms with E-state index in [1.165, 1.54) is 6.07 Å². The number of ether oxygens (including phenoxy) is 1. The molecule has 0 radical (unpaired) electrons. The van der Waals surface area contributed by atoms with Gasteiger partial charge < -0.3 is 15.8 Å². The zero-order valence-corrected chi connectivity index (χ0v) is 10.5. The number of hydrogen-bond acceptors (Lipinski definition) is 3. The second-order valence-corrected chi connectivity index (χ2v) is 3.89. The number of rotatable bonds is 7.